The SMILES string of the molecule is CCN(CCOc1ccc(C#N)cc1)CC(=O)Nc1ccc(OC)cc1. The second-order valence-electron chi connectivity index (χ2n) is 5.63. The largest absolute Gasteiger partial charge is 0.497 e. The Kier molecular flexibility index (Phi) is 7.47. The van der Waals surface area contributed by atoms with Crippen LogP contribution in [0.15, 0.2) is 48.5 Å². The standard InChI is InChI=1S/C20H23N3O3/c1-3-23(12-13-26-19-8-4-16(14-21)5-9-19)15-20(24)22-17-6-10-18(25-2)11-7-17/h4-11H,3,12-13,15H2,1-2H3,(H,22,24). The van der Waals surface area contributed by atoms with Gasteiger partial charge in [0.1, 0.15) is 18.1 Å². The maximum absolute atomic E-state index is 12.2. The van der Waals surface area contributed by atoms with Gasteiger partial charge in [-0.3, -0.25) is 9.69 Å². The summed E-state index contributed by atoms with van der Waals surface area (Å²) in [5, 5.41) is 11.7. The van der Waals surface area contributed by atoms with Crippen LogP contribution < -0.4 is 14.8 Å². The third-order valence-electron chi connectivity index (χ3n) is 3.85. The molecule has 2 aromatic carbocycles. The van der Waals surface area contributed by atoms with Crippen LogP contribution in [0.5, 0.6) is 11.5 Å². The number of carbonyl (C=O) groups is 1. The first-order chi connectivity index (χ1) is 12.6. The summed E-state index contributed by atoms with van der Waals surface area (Å²) in [6.07, 6.45) is 0. The van der Waals surface area contributed by atoms with E-state index in [1.165, 1.54) is 0 Å². The van der Waals surface area contributed by atoms with Gasteiger partial charge >= 0.3 is 0 Å². The molecule has 136 valence electrons. The molecule has 6 heteroatoms. The fourth-order valence-corrected chi connectivity index (χ4v) is 2.35. The first-order valence-electron chi connectivity index (χ1n) is 8.43. The monoisotopic (exact) mass is 353 g/mol. The fraction of sp³-hybridized carbons (Fsp3) is 0.300. The number of likely N-dealkylation sites (N-methyl/N-ethyl adjacent to an activating group) is 1. The van der Waals surface area contributed by atoms with Crippen molar-refractivity contribution in [3.63, 3.8) is 0 Å². The van der Waals surface area contributed by atoms with Crippen LogP contribution in [0.3, 0.4) is 0 Å². The number of rotatable bonds is 9. The molecule has 0 saturated carbocycles. The van der Waals surface area contributed by atoms with Crippen LogP contribution in [0.1, 0.15) is 12.5 Å². The second kappa shape index (κ2) is 10.1. The lowest BCUT2D eigenvalue weighted by molar-refractivity contribution is -0.117. The normalized spacial score (nSPS) is 10.2. The van der Waals surface area contributed by atoms with Gasteiger partial charge in [0.15, 0.2) is 0 Å². The highest BCUT2D eigenvalue weighted by Gasteiger charge is 2.10. The van der Waals surface area contributed by atoms with E-state index in [0.29, 0.717) is 31.0 Å². The van der Waals surface area contributed by atoms with Gasteiger partial charge in [-0.15, -0.1) is 0 Å². The maximum Gasteiger partial charge on any atom is 0.238 e. The third kappa shape index (κ3) is 6.11. The highest BCUT2D eigenvalue weighted by Crippen LogP contribution is 2.15. The topological polar surface area (TPSA) is 74.6 Å². The van der Waals surface area contributed by atoms with Gasteiger partial charge in [-0.1, -0.05) is 6.92 Å². The van der Waals surface area contributed by atoms with E-state index >= 15 is 0 Å². The van der Waals surface area contributed by atoms with Crippen molar-refractivity contribution >= 4 is 11.6 Å². The molecule has 0 fully saturated rings. The van der Waals surface area contributed by atoms with Gasteiger partial charge in [-0.2, -0.15) is 5.26 Å². The number of nitrogens with one attached hydrogen (secondary N) is 1. The summed E-state index contributed by atoms with van der Waals surface area (Å²) in [7, 11) is 1.60. The Morgan fingerprint density at radius 1 is 1.12 bits per heavy atom. The highest BCUT2D eigenvalue weighted by atomic mass is 16.5. The molecule has 0 aliphatic rings. The lowest BCUT2D eigenvalue weighted by atomic mass is 10.2. The summed E-state index contributed by atoms with van der Waals surface area (Å²) in [4.78, 5) is 14.2. The highest BCUT2D eigenvalue weighted by molar-refractivity contribution is 5.92. The van der Waals surface area contributed by atoms with Crippen LogP contribution >= 0.6 is 0 Å². The molecule has 0 bridgehead atoms. The van der Waals surface area contributed by atoms with Crippen molar-refractivity contribution in [3.8, 4) is 17.6 Å². The molecule has 26 heavy (non-hydrogen) atoms. The number of amides is 1. The van der Waals surface area contributed by atoms with Gasteiger partial charge in [-0.05, 0) is 55.1 Å². The summed E-state index contributed by atoms with van der Waals surface area (Å²) in [5.41, 5.74) is 1.34. The lowest BCUT2D eigenvalue weighted by Crippen LogP contribution is -2.35. The Balaban J connectivity index is 1.76. The van der Waals surface area contributed by atoms with Crippen LogP contribution in [-0.2, 0) is 4.79 Å². The molecule has 0 saturated heterocycles. The minimum Gasteiger partial charge on any atom is -0.497 e. The lowest BCUT2D eigenvalue weighted by Gasteiger charge is -2.20. The number of hydrogen-bond donors (Lipinski definition) is 1. The number of carbonyl (C=O) groups excluding carboxylic acids is 1. The number of nitriles is 1. The van der Waals surface area contributed by atoms with Gasteiger partial charge in [0.2, 0.25) is 5.91 Å². The summed E-state index contributed by atoms with van der Waals surface area (Å²) in [6, 6.07) is 16.3. The molecule has 0 spiro atoms. The number of nitrogens with zero attached hydrogens (tertiary/aromatic N) is 2. The minimum absolute atomic E-state index is 0.0737. The molecule has 0 unspecified atom stereocenters. The smallest absolute Gasteiger partial charge is 0.238 e. The average molecular weight is 353 g/mol. The third-order valence-corrected chi connectivity index (χ3v) is 3.85. The first kappa shape index (κ1) is 19.3. The van der Waals surface area contributed by atoms with Crippen LogP contribution in [0.25, 0.3) is 0 Å². The van der Waals surface area contributed by atoms with Gasteiger partial charge < -0.3 is 14.8 Å². The van der Waals surface area contributed by atoms with E-state index in [4.69, 9.17) is 14.7 Å². The van der Waals surface area contributed by atoms with E-state index < -0.39 is 0 Å². The summed E-state index contributed by atoms with van der Waals surface area (Å²) in [5.74, 6) is 1.39. The molecule has 0 aliphatic carbocycles. The Bertz CT molecular complexity index is 736. The number of ether oxygens (including phenoxy) is 2. The molecule has 2 aromatic rings. The molecule has 1 N–H and O–H groups in total. The average Bonchev–Trinajstić information content (AvgIpc) is 2.68. The Hall–Kier alpha value is -3.04. The van der Waals surface area contributed by atoms with Crippen molar-refractivity contribution in [1.82, 2.24) is 4.90 Å². The molecule has 1 amide bonds. The van der Waals surface area contributed by atoms with Crippen molar-refractivity contribution < 1.29 is 14.3 Å². The van der Waals surface area contributed by atoms with E-state index in [2.05, 4.69) is 11.4 Å². The molecular weight excluding hydrogens is 330 g/mol. The number of anilines is 1. The Morgan fingerprint density at radius 2 is 1.77 bits per heavy atom. The Labute approximate surface area is 153 Å². The zero-order valence-electron chi connectivity index (χ0n) is 15.1. The quantitative estimate of drug-likeness (QED) is 0.750. The molecule has 0 heterocycles. The fourth-order valence-electron chi connectivity index (χ4n) is 2.35. The van der Waals surface area contributed by atoms with E-state index in [0.717, 1.165) is 18.0 Å². The van der Waals surface area contributed by atoms with E-state index in [9.17, 15) is 4.79 Å². The van der Waals surface area contributed by atoms with Crippen LogP contribution in [0.2, 0.25) is 0 Å². The summed E-state index contributed by atoms with van der Waals surface area (Å²) < 4.78 is 10.8. The molecule has 0 atom stereocenters. The van der Waals surface area contributed by atoms with Crippen molar-refractivity contribution in [2.24, 2.45) is 0 Å². The van der Waals surface area contributed by atoms with Crippen LogP contribution in [0.4, 0.5) is 5.69 Å². The molecule has 0 radical (unpaired) electrons. The summed E-state index contributed by atoms with van der Waals surface area (Å²) in [6.45, 7) is 4.14. The summed E-state index contributed by atoms with van der Waals surface area (Å²) >= 11 is 0. The first-order valence-corrected chi connectivity index (χ1v) is 8.43. The number of benzene rings is 2. The van der Waals surface area contributed by atoms with E-state index in [1.54, 1.807) is 55.6 Å². The zero-order valence-corrected chi connectivity index (χ0v) is 15.1. The van der Waals surface area contributed by atoms with Crippen molar-refractivity contribution in [2.45, 2.75) is 6.92 Å². The van der Waals surface area contributed by atoms with Gasteiger partial charge in [-0.25, -0.2) is 0 Å². The predicted octanol–water partition coefficient (Wildman–Crippen LogP) is 2.91. The van der Waals surface area contributed by atoms with Gasteiger partial charge in [0.25, 0.3) is 0 Å². The molecular formula is C20H23N3O3. The predicted molar refractivity (Wildman–Crippen MR) is 100 cm³/mol. The van der Waals surface area contributed by atoms with E-state index in [1.807, 2.05) is 11.8 Å². The second-order valence-corrected chi connectivity index (χ2v) is 5.63. The van der Waals surface area contributed by atoms with Crippen molar-refractivity contribution in [3.05, 3.63) is 54.1 Å². The molecule has 0 aliphatic heterocycles. The zero-order chi connectivity index (χ0) is 18.8. The van der Waals surface area contributed by atoms with Crippen molar-refractivity contribution in [2.75, 3.05) is 38.7 Å². The van der Waals surface area contributed by atoms with Crippen molar-refractivity contribution in [1.29, 1.82) is 5.26 Å². The van der Waals surface area contributed by atoms with E-state index in [-0.39, 0.29) is 5.91 Å². The number of hydrogen-bond acceptors (Lipinski definition) is 5. The number of methoxy groups -OCH3 is 1. The maximum atomic E-state index is 12.2. The van der Waals surface area contributed by atoms with Crippen LogP contribution in [0, 0.1) is 11.3 Å². The minimum atomic E-state index is -0.0737. The van der Waals surface area contributed by atoms with Gasteiger partial charge in [0.05, 0.1) is 25.3 Å². The Morgan fingerprint density at radius 3 is 2.35 bits per heavy atom. The molecule has 2 rings (SSSR count). The molecule has 0 aromatic heterocycles. The molecule has 6 nitrogen and oxygen atoms in total. The van der Waals surface area contributed by atoms with Gasteiger partial charge in [0, 0.05) is 12.2 Å². The van der Waals surface area contributed by atoms with Crippen LogP contribution in [-0.4, -0.2) is 44.2 Å².